The number of piperidine rings is 1. The van der Waals surface area contributed by atoms with Crippen LogP contribution < -0.4 is 10.6 Å². The molecule has 0 unspecified atom stereocenters. The summed E-state index contributed by atoms with van der Waals surface area (Å²) >= 11 is 0. The lowest BCUT2D eigenvalue weighted by Crippen LogP contribution is -2.39. The van der Waals surface area contributed by atoms with Crippen molar-refractivity contribution in [2.24, 2.45) is 11.7 Å². The number of anilines is 1. The summed E-state index contributed by atoms with van der Waals surface area (Å²) in [7, 11) is 0. The molecule has 1 aliphatic rings. The van der Waals surface area contributed by atoms with Gasteiger partial charge in [0.25, 0.3) is 0 Å². The van der Waals surface area contributed by atoms with E-state index in [1.165, 1.54) is 0 Å². The molecule has 2 rings (SSSR count). The summed E-state index contributed by atoms with van der Waals surface area (Å²) in [6.45, 7) is 3.23. The quantitative estimate of drug-likeness (QED) is 0.811. The van der Waals surface area contributed by atoms with Crippen LogP contribution in [0.5, 0.6) is 0 Å². The summed E-state index contributed by atoms with van der Waals surface area (Å²) in [5, 5.41) is 8.88. The number of aromatic nitrogens is 2. The van der Waals surface area contributed by atoms with E-state index in [9.17, 15) is 4.79 Å². The number of nitrogens with two attached hydrogens (primary N) is 1. The summed E-state index contributed by atoms with van der Waals surface area (Å²) in [5.41, 5.74) is 6.43. The minimum atomic E-state index is -0.238. The molecule has 1 fully saturated rings. The van der Waals surface area contributed by atoms with Gasteiger partial charge in [-0.2, -0.15) is 5.26 Å². The number of hydrogen-bond acceptors (Lipinski definition) is 5. The molecule has 0 bridgehead atoms. The van der Waals surface area contributed by atoms with E-state index < -0.39 is 0 Å². The van der Waals surface area contributed by atoms with E-state index in [0.717, 1.165) is 5.69 Å². The molecular formula is C12H15N5O. The molecule has 18 heavy (non-hydrogen) atoms. The Morgan fingerprint density at radius 1 is 1.50 bits per heavy atom. The summed E-state index contributed by atoms with van der Waals surface area (Å²) in [4.78, 5) is 21.6. The number of aryl methyl sites for hydroxylation is 1. The second-order valence-corrected chi connectivity index (χ2v) is 4.47. The van der Waals surface area contributed by atoms with Gasteiger partial charge in [-0.3, -0.25) is 4.79 Å². The summed E-state index contributed by atoms with van der Waals surface area (Å²) in [6, 6.07) is 3.67. The van der Waals surface area contributed by atoms with Gasteiger partial charge in [0.1, 0.15) is 11.8 Å². The number of primary amides is 1. The molecule has 1 aromatic rings. The number of nitriles is 1. The van der Waals surface area contributed by atoms with E-state index in [1.54, 1.807) is 6.07 Å². The van der Waals surface area contributed by atoms with Crippen LogP contribution in [0, 0.1) is 24.2 Å². The highest BCUT2D eigenvalue weighted by molar-refractivity contribution is 5.76. The Morgan fingerprint density at radius 2 is 2.17 bits per heavy atom. The minimum absolute atomic E-state index is 0.0542. The average Bonchev–Trinajstić information content (AvgIpc) is 2.38. The second-order valence-electron chi connectivity index (χ2n) is 4.47. The lowest BCUT2D eigenvalue weighted by Gasteiger charge is -2.30. The Bertz CT molecular complexity index is 500. The molecule has 1 aromatic heterocycles. The van der Waals surface area contributed by atoms with Crippen LogP contribution in [0.2, 0.25) is 0 Å². The number of amides is 1. The fraction of sp³-hybridized carbons (Fsp3) is 0.500. The summed E-state index contributed by atoms with van der Waals surface area (Å²) in [5.74, 6) is 0.272. The van der Waals surface area contributed by atoms with Crippen LogP contribution in [0.4, 0.5) is 5.95 Å². The van der Waals surface area contributed by atoms with E-state index in [0.29, 0.717) is 37.6 Å². The predicted molar refractivity (Wildman–Crippen MR) is 65.6 cm³/mol. The number of hydrogen-bond donors (Lipinski definition) is 1. The first-order chi connectivity index (χ1) is 8.60. The molecule has 1 saturated heterocycles. The van der Waals surface area contributed by atoms with Crippen LogP contribution in [0.25, 0.3) is 0 Å². The monoisotopic (exact) mass is 245 g/mol. The van der Waals surface area contributed by atoms with E-state index in [1.807, 2.05) is 17.9 Å². The first kappa shape index (κ1) is 12.3. The van der Waals surface area contributed by atoms with Crippen molar-refractivity contribution in [1.29, 1.82) is 5.26 Å². The molecule has 0 atom stereocenters. The van der Waals surface area contributed by atoms with E-state index >= 15 is 0 Å². The Balaban J connectivity index is 2.12. The lowest BCUT2D eigenvalue weighted by atomic mass is 9.96. The molecular weight excluding hydrogens is 230 g/mol. The molecule has 0 spiro atoms. The van der Waals surface area contributed by atoms with Crippen molar-refractivity contribution >= 4 is 11.9 Å². The van der Waals surface area contributed by atoms with Crippen molar-refractivity contribution in [3.63, 3.8) is 0 Å². The van der Waals surface area contributed by atoms with Gasteiger partial charge in [0, 0.05) is 24.7 Å². The average molecular weight is 245 g/mol. The Labute approximate surface area is 105 Å². The van der Waals surface area contributed by atoms with Gasteiger partial charge in [-0.1, -0.05) is 0 Å². The lowest BCUT2D eigenvalue weighted by molar-refractivity contribution is -0.122. The molecule has 6 nitrogen and oxygen atoms in total. The maximum atomic E-state index is 11.1. The van der Waals surface area contributed by atoms with Crippen LogP contribution in [0.3, 0.4) is 0 Å². The van der Waals surface area contributed by atoms with Gasteiger partial charge in [0.2, 0.25) is 11.9 Å². The van der Waals surface area contributed by atoms with Crippen LogP contribution >= 0.6 is 0 Å². The number of rotatable bonds is 2. The SMILES string of the molecule is Cc1cc(C#N)nc(N2CCC(C(N)=O)CC2)n1. The van der Waals surface area contributed by atoms with Gasteiger partial charge in [0.15, 0.2) is 0 Å². The van der Waals surface area contributed by atoms with Crippen molar-refractivity contribution in [1.82, 2.24) is 9.97 Å². The van der Waals surface area contributed by atoms with Gasteiger partial charge in [-0.05, 0) is 25.8 Å². The molecule has 0 radical (unpaired) electrons. The highest BCUT2D eigenvalue weighted by Gasteiger charge is 2.24. The second kappa shape index (κ2) is 5.00. The Kier molecular flexibility index (Phi) is 3.42. The highest BCUT2D eigenvalue weighted by atomic mass is 16.1. The van der Waals surface area contributed by atoms with Crippen molar-refractivity contribution in [3.8, 4) is 6.07 Å². The van der Waals surface area contributed by atoms with Gasteiger partial charge in [-0.15, -0.1) is 0 Å². The first-order valence-corrected chi connectivity index (χ1v) is 5.90. The third kappa shape index (κ3) is 2.56. The van der Waals surface area contributed by atoms with E-state index in [4.69, 9.17) is 11.0 Å². The number of nitrogens with zero attached hydrogens (tertiary/aromatic N) is 4. The Morgan fingerprint density at radius 3 is 2.72 bits per heavy atom. The molecule has 2 N–H and O–H groups in total. The molecule has 94 valence electrons. The fourth-order valence-corrected chi connectivity index (χ4v) is 2.12. The minimum Gasteiger partial charge on any atom is -0.369 e. The molecule has 1 amide bonds. The van der Waals surface area contributed by atoms with Gasteiger partial charge >= 0.3 is 0 Å². The smallest absolute Gasteiger partial charge is 0.226 e. The van der Waals surface area contributed by atoms with Crippen molar-refractivity contribution in [2.75, 3.05) is 18.0 Å². The maximum Gasteiger partial charge on any atom is 0.226 e. The zero-order chi connectivity index (χ0) is 13.1. The van der Waals surface area contributed by atoms with Gasteiger partial charge in [0.05, 0.1) is 0 Å². The Hall–Kier alpha value is -2.16. The highest BCUT2D eigenvalue weighted by Crippen LogP contribution is 2.20. The maximum absolute atomic E-state index is 11.1. The van der Waals surface area contributed by atoms with Crippen LogP contribution in [-0.4, -0.2) is 29.0 Å². The number of carbonyl (C=O) groups excluding carboxylic acids is 1. The fourth-order valence-electron chi connectivity index (χ4n) is 2.12. The largest absolute Gasteiger partial charge is 0.369 e. The van der Waals surface area contributed by atoms with Crippen LogP contribution in [0.15, 0.2) is 6.07 Å². The zero-order valence-electron chi connectivity index (χ0n) is 10.3. The van der Waals surface area contributed by atoms with Crippen LogP contribution in [0.1, 0.15) is 24.2 Å². The van der Waals surface area contributed by atoms with E-state index in [-0.39, 0.29) is 11.8 Å². The third-order valence-corrected chi connectivity index (χ3v) is 3.14. The van der Waals surface area contributed by atoms with Crippen molar-refractivity contribution < 1.29 is 4.79 Å². The molecule has 2 heterocycles. The zero-order valence-corrected chi connectivity index (χ0v) is 10.3. The standard InChI is InChI=1S/C12H15N5O/c1-8-6-10(7-13)16-12(15-8)17-4-2-9(3-5-17)11(14)18/h6,9H,2-5H2,1H3,(H2,14,18). The topological polar surface area (TPSA) is 95.9 Å². The molecule has 1 aliphatic heterocycles. The third-order valence-electron chi connectivity index (χ3n) is 3.14. The number of carbonyl (C=O) groups is 1. The van der Waals surface area contributed by atoms with Crippen LogP contribution in [-0.2, 0) is 4.79 Å². The molecule has 6 heteroatoms. The predicted octanol–water partition coefficient (Wildman–Crippen LogP) is 0.358. The molecule has 0 aliphatic carbocycles. The van der Waals surface area contributed by atoms with Crippen molar-refractivity contribution in [2.45, 2.75) is 19.8 Å². The van der Waals surface area contributed by atoms with Gasteiger partial charge in [-0.25, -0.2) is 9.97 Å². The molecule has 0 saturated carbocycles. The molecule has 0 aromatic carbocycles. The van der Waals surface area contributed by atoms with Gasteiger partial charge < -0.3 is 10.6 Å². The first-order valence-electron chi connectivity index (χ1n) is 5.90. The summed E-state index contributed by atoms with van der Waals surface area (Å²) in [6.07, 6.45) is 1.43. The normalized spacial score (nSPS) is 16.3. The van der Waals surface area contributed by atoms with E-state index in [2.05, 4.69) is 9.97 Å². The summed E-state index contributed by atoms with van der Waals surface area (Å²) < 4.78 is 0. The van der Waals surface area contributed by atoms with Crippen molar-refractivity contribution in [3.05, 3.63) is 17.5 Å².